The van der Waals surface area contributed by atoms with E-state index in [9.17, 15) is 14.9 Å². The van der Waals surface area contributed by atoms with Gasteiger partial charge in [-0.3, -0.25) is 14.9 Å². The monoisotopic (exact) mass is 336 g/mol. The predicted octanol–water partition coefficient (Wildman–Crippen LogP) is 1.49. The zero-order valence-electron chi connectivity index (χ0n) is 14.7. The maximum Gasteiger partial charge on any atom is 0.293 e. The van der Waals surface area contributed by atoms with Gasteiger partial charge in [-0.1, -0.05) is 0 Å². The molecule has 1 amide bonds. The first-order valence-electron chi connectivity index (χ1n) is 7.83. The first kappa shape index (κ1) is 18.0. The lowest BCUT2D eigenvalue weighted by atomic mass is 10.1. The molecule has 2 rings (SSSR count). The third kappa shape index (κ3) is 3.59. The van der Waals surface area contributed by atoms with Crippen molar-refractivity contribution >= 4 is 17.3 Å². The molecule has 132 valence electrons. The van der Waals surface area contributed by atoms with E-state index in [-0.39, 0.29) is 29.2 Å². The molecule has 1 aliphatic heterocycles. The van der Waals surface area contributed by atoms with Crippen molar-refractivity contribution in [1.82, 2.24) is 10.2 Å². The number of benzene rings is 1. The van der Waals surface area contributed by atoms with Gasteiger partial charge in [0.1, 0.15) is 11.4 Å². The minimum atomic E-state index is -0.478. The molecule has 1 aliphatic rings. The summed E-state index contributed by atoms with van der Waals surface area (Å²) in [6, 6.07) is 3.19. The number of nitrogens with one attached hydrogen (secondary N) is 1. The largest absolute Gasteiger partial charge is 0.496 e. The maximum atomic E-state index is 12.9. The van der Waals surface area contributed by atoms with Crippen LogP contribution in [0.3, 0.4) is 0 Å². The third-order valence-electron chi connectivity index (χ3n) is 4.05. The molecule has 8 heteroatoms. The molecule has 1 saturated heterocycles. The normalized spacial score (nSPS) is 20.6. The van der Waals surface area contributed by atoms with E-state index < -0.39 is 4.92 Å². The van der Waals surface area contributed by atoms with Crippen molar-refractivity contribution in [2.45, 2.75) is 25.9 Å². The number of hydrogen-bond acceptors (Lipinski definition) is 6. The van der Waals surface area contributed by atoms with Gasteiger partial charge in [0.25, 0.3) is 11.6 Å². The Bertz CT molecular complexity index is 637. The van der Waals surface area contributed by atoms with E-state index in [1.54, 1.807) is 30.0 Å². The summed E-state index contributed by atoms with van der Waals surface area (Å²) in [5.41, 5.74) is 0.506. The van der Waals surface area contributed by atoms with Crippen molar-refractivity contribution < 1.29 is 14.5 Å². The van der Waals surface area contributed by atoms with Gasteiger partial charge in [-0.2, -0.15) is 0 Å². The molecule has 0 saturated carbocycles. The van der Waals surface area contributed by atoms with Crippen LogP contribution in [0.1, 0.15) is 24.2 Å². The molecule has 1 heterocycles. The highest BCUT2D eigenvalue weighted by Gasteiger charge is 2.30. The molecule has 1 fully saturated rings. The van der Waals surface area contributed by atoms with Crippen LogP contribution in [0.25, 0.3) is 0 Å². The number of hydrogen-bond donors (Lipinski definition) is 1. The van der Waals surface area contributed by atoms with Crippen molar-refractivity contribution in [3.8, 4) is 5.75 Å². The lowest BCUT2D eigenvalue weighted by Gasteiger charge is -2.36. The number of carbonyl (C=O) groups excluding carboxylic acids is 1. The number of methoxy groups -OCH3 is 1. The molecule has 0 aromatic heterocycles. The number of piperazine rings is 1. The quantitative estimate of drug-likeness (QED) is 0.662. The summed E-state index contributed by atoms with van der Waals surface area (Å²) in [7, 11) is 4.88. The number of carbonyl (C=O) groups is 1. The van der Waals surface area contributed by atoms with Gasteiger partial charge < -0.3 is 19.9 Å². The molecule has 1 aromatic rings. The zero-order valence-corrected chi connectivity index (χ0v) is 14.7. The molecular formula is C16H24N4O4. The number of amides is 1. The molecule has 0 spiro atoms. The Morgan fingerprint density at radius 2 is 1.92 bits per heavy atom. The summed E-state index contributed by atoms with van der Waals surface area (Å²) in [6.07, 6.45) is 0. The standard InChI is InChI=1S/C16H24N4O4/c1-10-8-19(9-11(2)17-10)16(21)12-6-14(20(22)23)13(18(3)4)7-15(12)24-5/h6-7,10-11,17H,8-9H2,1-5H3. The van der Waals surface area contributed by atoms with Gasteiger partial charge in [0, 0.05) is 51.4 Å². The van der Waals surface area contributed by atoms with Crippen LogP contribution >= 0.6 is 0 Å². The highest BCUT2D eigenvalue weighted by Crippen LogP contribution is 2.35. The fourth-order valence-electron chi connectivity index (χ4n) is 3.06. The van der Waals surface area contributed by atoms with Gasteiger partial charge in [-0.25, -0.2) is 0 Å². The van der Waals surface area contributed by atoms with Crippen molar-refractivity contribution in [2.75, 3.05) is 39.2 Å². The number of nitro groups is 1. The molecule has 1 N–H and O–H groups in total. The van der Waals surface area contributed by atoms with E-state index in [2.05, 4.69) is 5.32 Å². The minimum Gasteiger partial charge on any atom is -0.496 e. The molecule has 24 heavy (non-hydrogen) atoms. The van der Waals surface area contributed by atoms with E-state index in [0.29, 0.717) is 24.5 Å². The van der Waals surface area contributed by atoms with E-state index >= 15 is 0 Å². The Balaban J connectivity index is 2.46. The molecule has 2 atom stereocenters. The van der Waals surface area contributed by atoms with Crippen LogP contribution in [0.15, 0.2) is 12.1 Å². The summed E-state index contributed by atoms with van der Waals surface area (Å²) >= 11 is 0. The van der Waals surface area contributed by atoms with Gasteiger partial charge in [0.15, 0.2) is 0 Å². The lowest BCUT2D eigenvalue weighted by molar-refractivity contribution is -0.384. The van der Waals surface area contributed by atoms with Gasteiger partial charge >= 0.3 is 0 Å². The van der Waals surface area contributed by atoms with E-state index in [1.807, 2.05) is 13.8 Å². The summed E-state index contributed by atoms with van der Waals surface area (Å²) in [5.74, 6) is 0.0913. The van der Waals surface area contributed by atoms with E-state index in [0.717, 1.165) is 0 Å². The van der Waals surface area contributed by atoms with Crippen molar-refractivity contribution in [2.24, 2.45) is 0 Å². The Morgan fingerprint density at radius 3 is 2.38 bits per heavy atom. The molecular weight excluding hydrogens is 312 g/mol. The Hall–Kier alpha value is -2.35. The Morgan fingerprint density at radius 1 is 1.33 bits per heavy atom. The molecule has 0 bridgehead atoms. The first-order chi connectivity index (χ1) is 11.2. The fourth-order valence-corrected chi connectivity index (χ4v) is 3.06. The number of anilines is 1. The number of rotatable bonds is 4. The van der Waals surface area contributed by atoms with Gasteiger partial charge in [-0.15, -0.1) is 0 Å². The van der Waals surface area contributed by atoms with E-state index in [4.69, 9.17) is 4.74 Å². The highest BCUT2D eigenvalue weighted by molar-refractivity contribution is 5.99. The Kier molecular flexibility index (Phi) is 5.28. The predicted molar refractivity (Wildman–Crippen MR) is 91.9 cm³/mol. The van der Waals surface area contributed by atoms with Gasteiger partial charge in [0.05, 0.1) is 17.6 Å². The topological polar surface area (TPSA) is 88.0 Å². The molecule has 1 aromatic carbocycles. The van der Waals surface area contributed by atoms with Crippen molar-refractivity contribution in [1.29, 1.82) is 0 Å². The molecule has 2 unspecified atom stereocenters. The molecule has 8 nitrogen and oxygen atoms in total. The third-order valence-corrected chi connectivity index (χ3v) is 4.05. The number of ether oxygens (including phenoxy) is 1. The maximum absolute atomic E-state index is 12.9. The van der Waals surface area contributed by atoms with Gasteiger partial charge in [0.2, 0.25) is 0 Å². The number of nitro benzene ring substituents is 1. The second kappa shape index (κ2) is 7.04. The highest BCUT2D eigenvalue weighted by atomic mass is 16.6. The first-order valence-corrected chi connectivity index (χ1v) is 7.83. The summed E-state index contributed by atoms with van der Waals surface area (Å²) in [4.78, 5) is 27.2. The second-order valence-electron chi connectivity index (χ2n) is 6.37. The van der Waals surface area contributed by atoms with Crippen LogP contribution in [-0.4, -0.2) is 62.1 Å². The van der Waals surface area contributed by atoms with Crippen LogP contribution < -0.4 is 15.0 Å². The average Bonchev–Trinajstić information content (AvgIpc) is 2.51. The lowest BCUT2D eigenvalue weighted by Crippen LogP contribution is -2.55. The van der Waals surface area contributed by atoms with Crippen LogP contribution in [0.4, 0.5) is 11.4 Å². The summed E-state index contributed by atoms with van der Waals surface area (Å²) < 4.78 is 5.32. The smallest absolute Gasteiger partial charge is 0.293 e. The van der Waals surface area contributed by atoms with Crippen LogP contribution in [0, 0.1) is 10.1 Å². The Labute approximate surface area is 141 Å². The molecule has 0 aliphatic carbocycles. The van der Waals surface area contributed by atoms with E-state index in [1.165, 1.54) is 13.2 Å². The zero-order chi connectivity index (χ0) is 18.0. The minimum absolute atomic E-state index is 0.111. The van der Waals surface area contributed by atoms with Gasteiger partial charge in [-0.05, 0) is 13.8 Å². The fraction of sp³-hybridized carbons (Fsp3) is 0.562. The van der Waals surface area contributed by atoms with Crippen molar-refractivity contribution in [3.05, 3.63) is 27.8 Å². The van der Waals surface area contributed by atoms with Crippen LogP contribution in [-0.2, 0) is 0 Å². The van der Waals surface area contributed by atoms with Crippen molar-refractivity contribution in [3.63, 3.8) is 0 Å². The molecule has 0 radical (unpaired) electrons. The summed E-state index contributed by atoms with van der Waals surface area (Å²) in [5, 5.41) is 14.7. The van der Waals surface area contributed by atoms with Crippen LogP contribution in [0.5, 0.6) is 5.75 Å². The van der Waals surface area contributed by atoms with Crippen LogP contribution in [0.2, 0.25) is 0 Å². The second-order valence-corrected chi connectivity index (χ2v) is 6.37. The number of nitrogens with zero attached hydrogens (tertiary/aromatic N) is 3. The average molecular weight is 336 g/mol. The SMILES string of the molecule is COc1cc(N(C)C)c([N+](=O)[O-])cc1C(=O)N1CC(C)NC(C)C1. The summed E-state index contributed by atoms with van der Waals surface area (Å²) in [6.45, 7) is 5.11.